The number of amides is 1. The van der Waals surface area contributed by atoms with E-state index in [1.807, 2.05) is 65.6 Å². The number of para-hydroxylation sites is 1. The van der Waals surface area contributed by atoms with Crippen molar-refractivity contribution in [1.82, 2.24) is 0 Å². The van der Waals surface area contributed by atoms with Crippen molar-refractivity contribution >= 4 is 23.2 Å². The first-order valence-electron chi connectivity index (χ1n) is 7.35. The van der Waals surface area contributed by atoms with Crippen LogP contribution in [0.5, 0.6) is 0 Å². The molecule has 2 nitrogen and oxygen atoms in total. The zero-order valence-corrected chi connectivity index (χ0v) is 12.4. The van der Waals surface area contributed by atoms with Gasteiger partial charge in [-0.3, -0.25) is 4.79 Å². The topological polar surface area (TPSA) is 20.3 Å². The molecule has 0 aromatic heterocycles. The predicted molar refractivity (Wildman–Crippen MR) is 87.9 cm³/mol. The number of anilines is 1. The quantitative estimate of drug-likeness (QED) is 0.769. The lowest BCUT2D eigenvalue weighted by atomic mass is 10.0. The molecule has 0 radical (unpaired) electrons. The molecule has 21 heavy (non-hydrogen) atoms. The molecule has 1 aliphatic heterocycles. The lowest BCUT2D eigenvalue weighted by Gasteiger charge is -2.19. The minimum atomic E-state index is 0.105. The third kappa shape index (κ3) is 2.62. The molecule has 0 fully saturated rings. The second kappa shape index (κ2) is 5.57. The summed E-state index contributed by atoms with van der Waals surface area (Å²) in [5.41, 5.74) is 3.91. The molecule has 0 bridgehead atoms. The van der Waals surface area contributed by atoms with Gasteiger partial charge < -0.3 is 4.90 Å². The van der Waals surface area contributed by atoms with E-state index >= 15 is 0 Å². The number of fused-ring (bicyclic) bond motifs is 1. The van der Waals surface area contributed by atoms with Crippen LogP contribution in [0.4, 0.5) is 5.69 Å². The van der Waals surface area contributed by atoms with Crippen LogP contribution in [0.1, 0.15) is 25.0 Å². The maximum atomic E-state index is 12.8. The van der Waals surface area contributed by atoms with Crippen molar-refractivity contribution in [3.63, 3.8) is 0 Å². The average Bonchev–Trinajstić information content (AvgIpc) is 2.74. The molecule has 1 amide bonds. The van der Waals surface area contributed by atoms with Gasteiger partial charge in [-0.1, -0.05) is 62.4 Å². The highest BCUT2D eigenvalue weighted by atomic mass is 16.2. The van der Waals surface area contributed by atoms with E-state index in [0.29, 0.717) is 5.92 Å². The van der Waals surface area contributed by atoms with Gasteiger partial charge in [-0.15, -0.1) is 0 Å². The molecule has 2 aromatic carbocycles. The van der Waals surface area contributed by atoms with Gasteiger partial charge in [-0.05, 0) is 23.6 Å². The molecular formula is C19H19NO. The highest BCUT2D eigenvalue weighted by Gasteiger charge is 2.31. The number of carbonyl (C=O) groups is 1. The zero-order chi connectivity index (χ0) is 14.8. The molecule has 3 rings (SSSR count). The second-order valence-electron chi connectivity index (χ2n) is 5.80. The number of carbonyl (C=O) groups excluding carboxylic acids is 1. The molecule has 1 heterocycles. The van der Waals surface area contributed by atoms with Crippen LogP contribution in [-0.2, 0) is 4.79 Å². The van der Waals surface area contributed by atoms with Gasteiger partial charge >= 0.3 is 0 Å². The van der Waals surface area contributed by atoms with Gasteiger partial charge in [-0.2, -0.15) is 0 Å². The van der Waals surface area contributed by atoms with E-state index in [-0.39, 0.29) is 5.91 Å². The van der Waals surface area contributed by atoms with Gasteiger partial charge in [0, 0.05) is 17.7 Å². The first-order valence-corrected chi connectivity index (χ1v) is 7.35. The van der Waals surface area contributed by atoms with Gasteiger partial charge in [0.15, 0.2) is 0 Å². The Bertz CT molecular complexity index is 686. The Kier molecular flexibility index (Phi) is 3.61. The molecule has 0 saturated heterocycles. The van der Waals surface area contributed by atoms with E-state index in [2.05, 4.69) is 13.8 Å². The van der Waals surface area contributed by atoms with Crippen LogP contribution in [0.25, 0.3) is 11.6 Å². The first-order chi connectivity index (χ1) is 10.2. The molecular weight excluding hydrogens is 258 g/mol. The normalized spacial score (nSPS) is 15.9. The van der Waals surface area contributed by atoms with Crippen LogP contribution < -0.4 is 4.90 Å². The van der Waals surface area contributed by atoms with Gasteiger partial charge in [-0.25, -0.2) is 0 Å². The molecule has 0 atom stereocenters. The molecule has 2 aromatic rings. The van der Waals surface area contributed by atoms with E-state index in [1.54, 1.807) is 0 Å². The van der Waals surface area contributed by atoms with Gasteiger partial charge in [0.1, 0.15) is 0 Å². The molecule has 0 unspecified atom stereocenters. The number of hydrogen-bond donors (Lipinski definition) is 0. The average molecular weight is 277 g/mol. The summed E-state index contributed by atoms with van der Waals surface area (Å²) in [5.74, 6) is 0.548. The van der Waals surface area contributed by atoms with Crippen molar-refractivity contribution in [3.8, 4) is 0 Å². The van der Waals surface area contributed by atoms with E-state index in [4.69, 9.17) is 0 Å². The SMILES string of the molecule is CC(C)CN1C(=O)/C(=C\c2ccccc2)c2ccccc21. The highest BCUT2D eigenvalue weighted by Crippen LogP contribution is 2.37. The lowest BCUT2D eigenvalue weighted by Crippen LogP contribution is -2.30. The summed E-state index contributed by atoms with van der Waals surface area (Å²) in [6, 6.07) is 18.0. The van der Waals surface area contributed by atoms with E-state index in [1.165, 1.54) is 0 Å². The Morgan fingerprint density at radius 3 is 2.38 bits per heavy atom. The van der Waals surface area contributed by atoms with Crippen molar-refractivity contribution in [3.05, 3.63) is 65.7 Å². The largest absolute Gasteiger partial charge is 0.307 e. The Balaban J connectivity index is 2.07. The third-order valence-corrected chi connectivity index (χ3v) is 3.62. The monoisotopic (exact) mass is 277 g/mol. The van der Waals surface area contributed by atoms with Gasteiger partial charge in [0.05, 0.1) is 5.69 Å². The first kappa shape index (κ1) is 13.6. The number of rotatable bonds is 3. The van der Waals surface area contributed by atoms with Crippen LogP contribution >= 0.6 is 0 Å². The van der Waals surface area contributed by atoms with Gasteiger partial charge in [0.25, 0.3) is 5.91 Å². The van der Waals surface area contributed by atoms with E-state index in [9.17, 15) is 4.79 Å². The maximum Gasteiger partial charge on any atom is 0.259 e. The van der Waals surface area contributed by atoms with Crippen LogP contribution in [-0.4, -0.2) is 12.5 Å². The molecule has 106 valence electrons. The Morgan fingerprint density at radius 1 is 1.00 bits per heavy atom. The molecule has 0 spiro atoms. The summed E-state index contributed by atoms with van der Waals surface area (Å²) in [4.78, 5) is 14.7. The fraction of sp³-hybridized carbons (Fsp3) is 0.211. The summed E-state index contributed by atoms with van der Waals surface area (Å²) in [7, 11) is 0. The highest BCUT2D eigenvalue weighted by molar-refractivity contribution is 6.35. The minimum absolute atomic E-state index is 0.105. The van der Waals surface area contributed by atoms with Crippen LogP contribution in [0.15, 0.2) is 54.6 Å². The standard InChI is InChI=1S/C19H19NO/c1-14(2)13-20-18-11-7-6-10-16(18)17(19(20)21)12-15-8-4-3-5-9-15/h3-12,14H,13H2,1-2H3/b17-12-. The lowest BCUT2D eigenvalue weighted by molar-refractivity contribution is -0.113. The van der Waals surface area contributed by atoms with Gasteiger partial charge in [0.2, 0.25) is 0 Å². The Labute approximate surface area is 125 Å². The number of benzene rings is 2. The molecule has 0 N–H and O–H groups in total. The van der Waals surface area contributed by atoms with Crippen LogP contribution in [0, 0.1) is 5.92 Å². The fourth-order valence-electron chi connectivity index (χ4n) is 2.71. The second-order valence-corrected chi connectivity index (χ2v) is 5.80. The Hall–Kier alpha value is -2.35. The van der Waals surface area contributed by atoms with E-state index < -0.39 is 0 Å². The predicted octanol–water partition coefficient (Wildman–Crippen LogP) is 4.23. The van der Waals surface area contributed by atoms with Crippen LogP contribution in [0.2, 0.25) is 0 Å². The maximum absolute atomic E-state index is 12.8. The fourth-order valence-corrected chi connectivity index (χ4v) is 2.71. The zero-order valence-electron chi connectivity index (χ0n) is 12.4. The Morgan fingerprint density at radius 2 is 1.67 bits per heavy atom. The molecule has 1 aliphatic rings. The van der Waals surface area contributed by atoms with Crippen molar-refractivity contribution < 1.29 is 4.79 Å². The van der Waals surface area contributed by atoms with E-state index in [0.717, 1.165) is 28.9 Å². The van der Waals surface area contributed by atoms with Crippen LogP contribution in [0.3, 0.4) is 0 Å². The van der Waals surface area contributed by atoms with Crippen molar-refractivity contribution in [1.29, 1.82) is 0 Å². The van der Waals surface area contributed by atoms with Crippen molar-refractivity contribution in [2.45, 2.75) is 13.8 Å². The minimum Gasteiger partial charge on any atom is -0.307 e. The summed E-state index contributed by atoms with van der Waals surface area (Å²) >= 11 is 0. The molecule has 0 saturated carbocycles. The number of hydrogen-bond acceptors (Lipinski definition) is 1. The number of nitrogens with zero attached hydrogens (tertiary/aromatic N) is 1. The van der Waals surface area contributed by atoms with Crippen molar-refractivity contribution in [2.24, 2.45) is 5.92 Å². The summed E-state index contributed by atoms with van der Waals surface area (Å²) in [5, 5.41) is 0. The summed E-state index contributed by atoms with van der Waals surface area (Å²) < 4.78 is 0. The summed E-state index contributed by atoms with van der Waals surface area (Å²) in [6.45, 7) is 5.02. The third-order valence-electron chi connectivity index (χ3n) is 3.62. The smallest absolute Gasteiger partial charge is 0.259 e. The van der Waals surface area contributed by atoms with Crippen molar-refractivity contribution in [2.75, 3.05) is 11.4 Å². The molecule has 2 heteroatoms. The summed E-state index contributed by atoms with van der Waals surface area (Å²) in [6.07, 6.45) is 1.99. The molecule has 0 aliphatic carbocycles.